The van der Waals surface area contributed by atoms with Gasteiger partial charge in [-0.3, -0.25) is 19.1 Å². The third kappa shape index (κ3) is 3.88. The Balaban J connectivity index is 1.51. The number of thioether (sulfide) groups is 1. The summed E-state index contributed by atoms with van der Waals surface area (Å²) in [6.45, 7) is 1.50. The quantitative estimate of drug-likeness (QED) is 0.445. The van der Waals surface area contributed by atoms with Crippen LogP contribution in [0.2, 0.25) is 0 Å². The normalized spacial score (nSPS) is 19.2. The van der Waals surface area contributed by atoms with Gasteiger partial charge in [-0.2, -0.15) is 0 Å². The minimum Gasteiger partial charge on any atom is -0.341 e. The average Bonchev–Trinajstić information content (AvgIpc) is 3.76. The van der Waals surface area contributed by atoms with E-state index in [0.717, 1.165) is 57.2 Å². The first-order chi connectivity index (χ1) is 16.1. The van der Waals surface area contributed by atoms with Crippen LogP contribution in [0.25, 0.3) is 11.0 Å². The van der Waals surface area contributed by atoms with Crippen LogP contribution in [0.3, 0.4) is 0 Å². The van der Waals surface area contributed by atoms with Gasteiger partial charge in [-0.15, -0.1) is 0 Å². The summed E-state index contributed by atoms with van der Waals surface area (Å²) in [5.74, 6) is 0.959. The van der Waals surface area contributed by atoms with Crippen molar-refractivity contribution in [1.29, 1.82) is 0 Å². The Hall–Kier alpha value is -2.94. The number of carbonyl (C=O) groups excluding carboxylic acids is 1. The Labute approximate surface area is 194 Å². The topological polar surface area (TPSA) is 101 Å². The van der Waals surface area contributed by atoms with E-state index in [4.69, 9.17) is 9.97 Å². The second kappa shape index (κ2) is 8.13. The van der Waals surface area contributed by atoms with E-state index >= 15 is 0 Å². The van der Waals surface area contributed by atoms with E-state index in [1.165, 1.54) is 11.8 Å². The van der Waals surface area contributed by atoms with Crippen molar-refractivity contribution in [2.75, 3.05) is 13.1 Å². The molecule has 2 saturated carbocycles. The number of aromatic nitrogens is 4. The van der Waals surface area contributed by atoms with Crippen LogP contribution in [-0.2, 0) is 4.79 Å². The zero-order chi connectivity index (χ0) is 22.5. The average molecular weight is 464 g/mol. The molecule has 0 spiro atoms. The number of H-pyrrole nitrogens is 1. The van der Waals surface area contributed by atoms with E-state index in [1.807, 2.05) is 35.2 Å². The molecule has 1 atom stereocenters. The van der Waals surface area contributed by atoms with E-state index in [9.17, 15) is 14.4 Å². The van der Waals surface area contributed by atoms with Crippen LogP contribution < -0.4 is 11.2 Å². The SMILES string of the molecule is O=C(C(Sc1nc(C2CC2)nc2c1c(=O)[nH]c(=O)n2C1CC1)c1ccccc1)N1CCCC1. The van der Waals surface area contributed by atoms with Crippen molar-refractivity contribution in [1.82, 2.24) is 24.4 Å². The fraction of sp³-hybridized carbons (Fsp3) is 0.458. The van der Waals surface area contributed by atoms with Crippen molar-refractivity contribution in [2.45, 2.75) is 60.8 Å². The van der Waals surface area contributed by atoms with Crippen molar-refractivity contribution in [2.24, 2.45) is 0 Å². The summed E-state index contributed by atoms with van der Waals surface area (Å²) in [5.41, 5.74) is 0.383. The molecule has 2 aromatic heterocycles. The molecule has 2 aliphatic carbocycles. The first kappa shape index (κ1) is 20.7. The number of hydrogen-bond acceptors (Lipinski definition) is 6. The van der Waals surface area contributed by atoms with Crippen molar-refractivity contribution in [3.63, 3.8) is 0 Å². The number of likely N-dealkylation sites (tertiary alicyclic amines) is 1. The molecule has 1 saturated heterocycles. The summed E-state index contributed by atoms with van der Waals surface area (Å²) in [5, 5.41) is 0.278. The molecule has 9 heteroatoms. The highest BCUT2D eigenvalue weighted by atomic mass is 32.2. The fourth-order valence-corrected chi connectivity index (χ4v) is 5.73. The number of nitrogens with one attached hydrogen (secondary N) is 1. The summed E-state index contributed by atoms with van der Waals surface area (Å²) in [6.07, 6.45) is 5.81. The van der Waals surface area contributed by atoms with Crippen LogP contribution in [0.5, 0.6) is 0 Å². The maximum atomic E-state index is 13.6. The summed E-state index contributed by atoms with van der Waals surface area (Å²) in [4.78, 5) is 53.1. The number of rotatable bonds is 6. The van der Waals surface area contributed by atoms with E-state index in [-0.39, 0.29) is 17.9 Å². The number of fused-ring (bicyclic) bond motifs is 1. The largest absolute Gasteiger partial charge is 0.341 e. The highest BCUT2D eigenvalue weighted by Gasteiger charge is 2.35. The van der Waals surface area contributed by atoms with Gasteiger partial charge in [0.25, 0.3) is 5.56 Å². The minimum absolute atomic E-state index is 0.0374. The van der Waals surface area contributed by atoms with Crippen LogP contribution in [0, 0.1) is 0 Å². The van der Waals surface area contributed by atoms with Gasteiger partial charge in [0.15, 0.2) is 5.65 Å². The molecule has 6 rings (SSSR count). The van der Waals surface area contributed by atoms with Crippen LogP contribution in [0.1, 0.15) is 67.1 Å². The molecule has 1 aromatic carbocycles. The molecular formula is C24H25N5O3S. The second-order valence-electron chi connectivity index (χ2n) is 9.16. The van der Waals surface area contributed by atoms with Gasteiger partial charge in [-0.1, -0.05) is 42.1 Å². The van der Waals surface area contributed by atoms with Gasteiger partial charge < -0.3 is 4.90 Å². The van der Waals surface area contributed by atoms with E-state index < -0.39 is 16.5 Å². The van der Waals surface area contributed by atoms with Crippen molar-refractivity contribution >= 4 is 28.7 Å². The van der Waals surface area contributed by atoms with Crippen LogP contribution in [0.4, 0.5) is 0 Å². The third-order valence-corrected chi connectivity index (χ3v) is 7.83. The first-order valence-corrected chi connectivity index (χ1v) is 12.5. The Morgan fingerprint density at radius 1 is 1.03 bits per heavy atom. The Bertz CT molecular complexity index is 1340. The smallest absolute Gasteiger partial charge is 0.330 e. The van der Waals surface area contributed by atoms with Crippen LogP contribution in [-0.4, -0.2) is 43.4 Å². The molecular weight excluding hydrogens is 438 g/mol. The van der Waals surface area contributed by atoms with Crippen LogP contribution >= 0.6 is 11.8 Å². The number of amides is 1. The van der Waals surface area contributed by atoms with Crippen molar-refractivity contribution in [3.05, 3.63) is 62.6 Å². The molecule has 170 valence electrons. The fourth-order valence-electron chi connectivity index (χ4n) is 4.52. The molecule has 0 radical (unpaired) electrons. The van der Waals surface area contributed by atoms with Gasteiger partial charge in [0.1, 0.15) is 21.5 Å². The lowest BCUT2D eigenvalue weighted by Crippen LogP contribution is -2.32. The molecule has 1 aliphatic heterocycles. The standard InChI is InChI=1S/C24H25N5O3S/c30-21-17-20(29(16-10-11-16)24(32)27-21)25-19(15-8-9-15)26-22(17)33-18(14-6-2-1-3-7-14)23(31)28-12-4-5-13-28/h1-3,6-7,15-16,18H,4-5,8-13H2,(H,27,30,32). The summed E-state index contributed by atoms with van der Waals surface area (Å²) in [7, 11) is 0. The summed E-state index contributed by atoms with van der Waals surface area (Å²) >= 11 is 1.31. The number of carbonyl (C=O) groups is 1. The molecule has 33 heavy (non-hydrogen) atoms. The van der Waals surface area contributed by atoms with Gasteiger partial charge in [0.2, 0.25) is 5.91 Å². The van der Waals surface area contributed by atoms with Gasteiger partial charge in [0.05, 0.1) is 0 Å². The lowest BCUT2D eigenvalue weighted by Gasteiger charge is -2.23. The Morgan fingerprint density at radius 2 is 1.76 bits per heavy atom. The first-order valence-electron chi connectivity index (χ1n) is 11.7. The van der Waals surface area contributed by atoms with Crippen molar-refractivity contribution in [3.8, 4) is 0 Å². The maximum Gasteiger partial charge on any atom is 0.330 e. The molecule has 8 nitrogen and oxygen atoms in total. The molecule has 0 bridgehead atoms. The molecule has 3 heterocycles. The number of aromatic amines is 1. The van der Waals surface area contributed by atoms with Gasteiger partial charge in [-0.25, -0.2) is 14.8 Å². The zero-order valence-electron chi connectivity index (χ0n) is 18.2. The predicted octanol–water partition coefficient (Wildman–Crippen LogP) is 3.15. The number of nitrogens with zero attached hydrogens (tertiary/aromatic N) is 4. The Kier molecular flexibility index (Phi) is 5.09. The van der Waals surface area contributed by atoms with Gasteiger partial charge >= 0.3 is 5.69 Å². The van der Waals surface area contributed by atoms with Crippen LogP contribution in [0.15, 0.2) is 44.9 Å². The van der Waals surface area contributed by atoms with E-state index in [1.54, 1.807) is 4.57 Å². The summed E-state index contributed by atoms with van der Waals surface area (Å²) in [6, 6.07) is 9.72. The minimum atomic E-state index is -0.518. The molecule has 3 aromatic rings. The van der Waals surface area contributed by atoms with E-state index in [0.29, 0.717) is 21.9 Å². The molecule has 1 N–H and O–H groups in total. The number of benzene rings is 1. The monoisotopic (exact) mass is 463 g/mol. The zero-order valence-corrected chi connectivity index (χ0v) is 19.0. The highest BCUT2D eigenvalue weighted by Crippen LogP contribution is 2.43. The highest BCUT2D eigenvalue weighted by molar-refractivity contribution is 8.00. The van der Waals surface area contributed by atoms with E-state index in [2.05, 4.69) is 4.98 Å². The predicted molar refractivity (Wildman–Crippen MR) is 126 cm³/mol. The van der Waals surface area contributed by atoms with Crippen molar-refractivity contribution < 1.29 is 4.79 Å². The third-order valence-electron chi connectivity index (χ3n) is 6.60. The maximum absolute atomic E-state index is 13.6. The van der Waals surface area contributed by atoms with Gasteiger partial charge in [-0.05, 0) is 44.1 Å². The Morgan fingerprint density at radius 3 is 2.42 bits per heavy atom. The number of hydrogen-bond donors (Lipinski definition) is 1. The second-order valence-corrected chi connectivity index (χ2v) is 10.3. The lowest BCUT2D eigenvalue weighted by molar-refractivity contribution is -0.129. The molecule has 1 unspecified atom stereocenters. The lowest BCUT2D eigenvalue weighted by atomic mass is 10.1. The van der Waals surface area contributed by atoms with Gasteiger partial charge in [0, 0.05) is 25.0 Å². The molecule has 1 amide bonds. The molecule has 3 aliphatic rings. The summed E-state index contributed by atoms with van der Waals surface area (Å²) < 4.78 is 1.62. The molecule has 3 fully saturated rings.